The first-order valence-corrected chi connectivity index (χ1v) is 11.4. The van der Waals surface area contributed by atoms with E-state index in [-0.39, 0.29) is 24.0 Å². The van der Waals surface area contributed by atoms with Crippen molar-refractivity contribution in [3.05, 3.63) is 53.2 Å². The lowest BCUT2D eigenvalue weighted by atomic mass is 10.2. The van der Waals surface area contributed by atoms with Crippen LogP contribution in [0.15, 0.2) is 47.6 Å². The molecule has 2 N–H and O–H groups in total. The topological polar surface area (TPSA) is 65.0 Å². The molecule has 0 aliphatic carbocycles. The molecule has 0 saturated carbocycles. The predicted octanol–water partition coefficient (Wildman–Crippen LogP) is 3.52. The van der Waals surface area contributed by atoms with Gasteiger partial charge in [0.2, 0.25) is 0 Å². The second-order valence-corrected chi connectivity index (χ2v) is 8.27. The van der Waals surface area contributed by atoms with Gasteiger partial charge in [-0.1, -0.05) is 23.7 Å². The molecule has 2 aliphatic heterocycles. The van der Waals surface area contributed by atoms with Crippen LogP contribution in [0.25, 0.3) is 0 Å². The van der Waals surface area contributed by atoms with Crippen molar-refractivity contribution >= 4 is 53.0 Å². The zero-order valence-corrected chi connectivity index (χ0v) is 21.6. The number of hydrogen-bond donors (Lipinski definition) is 2. The fourth-order valence-corrected chi connectivity index (χ4v) is 4.26. The molecule has 174 valence electrons. The number of aromatic nitrogens is 1. The molecule has 2 fully saturated rings. The number of nitrogens with one attached hydrogen (secondary N) is 2. The SMILES string of the molecule is CCNC(=NCc1cccnc1N1CCOCC1)NC1CCN(c2cccc(Cl)c2)C1.I. The van der Waals surface area contributed by atoms with E-state index in [2.05, 4.69) is 44.5 Å². The van der Waals surface area contributed by atoms with Crippen LogP contribution in [-0.2, 0) is 11.3 Å². The van der Waals surface area contributed by atoms with Gasteiger partial charge in [-0.25, -0.2) is 9.98 Å². The van der Waals surface area contributed by atoms with Crippen LogP contribution >= 0.6 is 35.6 Å². The zero-order valence-electron chi connectivity index (χ0n) is 18.5. The number of halogens is 2. The summed E-state index contributed by atoms with van der Waals surface area (Å²) in [6, 6.07) is 12.5. The second kappa shape index (κ2) is 12.5. The molecule has 7 nitrogen and oxygen atoms in total. The average Bonchev–Trinajstić information content (AvgIpc) is 3.27. The van der Waals surface area contributed by atoms with Gasteiger partial charge < -0.3 is 25.2 Å². The summed E-state index contributed by atoms with van der Waals surface area (Å²) in [5, 5.41) is 7.77. The molecule has 1 atom stereocenters. The highest BCUT2D eigenvalue weighted by atomic mass is 127. The first-order valence-electron chi connectivity index (χ1n) is 11.0. The Morgan fingerprint density at radius 2 is 2.03 bits per heavy atom. The van der Waals surface area contributed by atoms with E-state index >= 15 is 0 Å². The molecule has 4 rings (SSSR count). The summed E-state index contributed by atoms with van der Waals surface area (Å²) in [6.45, 7) is 8.65. The van der Waals surface area contributed by atoms with Crippen LogP contribution in [0.1, 0.15) is 18.9 Å². The molecule has 2 aliphatic rings. The fraction of sp³-hybridized carbons (Fsp3) is 0.478. The first-order chi connectivity index (χ1) is 15.2. The van der Waals surface area contributed by atoms with Gasteiger partial charge in [-0.05, 0) is 37.6 Å². The van der Waals surface area contributed by atoms with Crippen LogP contribution in [0.4, 0.5) is 11.5 Å². The van der Waals surface area contributed by atoms with Crippen LogP contribution in [0.2, 0.25) is 5.02 Å². The van der Waals surface area contributed by atoms with Crippen molar-refractivity contribution < 1.29 is 4.74 Å². The van der Waals surface area contributed by atoms with Crippen molar-refractivity contribution in [2.75, 3.05) is 55.7 Å². The van der Waals surface area contributed by atoms with Gasteiger partial charge in [-0.15, -0.1) is 24.0 Å². The van der Waals surface area contributed by atoms with Gasteiger partial charge >= 0.3 is 0 Å². The molecule has 3 heterocycles. The highest BCUT2D eigenvalue weighted by Crippen LogP contribution is 2.23. The van der Waals surface area contributed by atoms with Gasteiger partial charge in [0.1, 0.15) is 5.82 Å². The quantitative estimate of drug-likeness (QED) is 0.315. The van der Waals surface area contributed by atoms with Gasteiger partial charge in [-0.2, -0.15) is 0 Å². The molecule has 2 saturated heterocycles. The minimum Gasteiger partial charge on any atom is -0.378 e. The van der Waals surface area contributed by atoms with Crippen molar-refractivity contribution in [3.8, 4) is 0 Å². The molecular weight excluding hydrogens is 539 g/mol. The third-order valence-electron chi connectivity index (χ3n) is 5.63. The van der Waals surface area contributed by atoms with Crippen LogP contribution in [0.5, 0.6) is 0 Å². The predicted molar refractivity (Wildman–Crippen MR) is 143 cm³/mol. The maximum absolute atomic E-state index is 6.17. The third kappa shape index (κ3) is 6.62. The first kappa shape index (κ1) is 24.9. The Kier molecular flexibility index (Phi) is 9.68. The highest BCUT2D eigenvalue weighted by molar-refractivity contribution is 14.0. The van der Waals surface area contributed by atoms with E-state index in [1.807, 2.05) is 30.5 Å². The van der Waals surface area contributed by atoms with Crippen LogP contribution in [-0.4, -0.2) is 62.9 Å². The van der Waals surface area contributed by atoms with Crippen LogP contribution in [0, 0.1) is 0 Å². The molecule has 2 aromatic rings. The minimum atomic E-state index is 0. The third-order valence-corrected chi connectivity index (χ3v) is 5.87. The molecule has 1 aromatic heterocycles. The Balaban J connectivity index is 0.00000289. The second-order valence-electron chi connectivity index (χ2n) is 7.84. The largest absolute Gasteiger partial charge is 0.378 e. The van der Waals surface area contributed by atoms with E-state index in [9.17, 15) is 0 Å². The maximum Gasteiger partial charge on any atom is 0.191 e. The summed E-state index contributed by atoms with van der Waals surface area (Å²) < 4.78 is 5.48. The van der Waals surface area contributed by atoms with E-state index in [1.165, 1.54) is 5.69 Å². The Morgan fingerprint density at radius 1 is 1.19 bits per heavy atom. The number of hydrogen-bond acceptors (Lipinski definition) is 5. The molecule has 0 radical (unpaired) electrons. The smallest absolute Gasteiger partial charge is 0.191 e. The van der Waals surface area contributed by atoms with Crippen molar-refractivity contribution in [1.82, 2.24) is 15.6 Å². The van der Waals surface area contributed by atoms with E-state index in [0.29, 0.717) is 12.6 Å². The monoisotopic (exact) mass is 570 g/mol. The van der Waals surface area contributed by atoms with Gasteiger partial charge in [0.25, 0.3) is 0 Å². The molecule has 9 heteroatoms. The Hall–Kier alpha value is -1.78. The molecule has 32 heavy (non-hydrogen) atoms. The van der Waals surface area contributed by atoms with Crippen LogP contribution < -0.4 is 20.4 Å². The molecule has 1 aromatic carbocycles. The number of benzene rings is 1. The number of morpholine rings is 1. The summed E-state index contributed by atoms with van der Waals surface area (Å²) in [7, 11) is 0. The highest BCUT2D eigenvalue weighted by Gasteiger charge is 2.24. The molecule has 1 unspecified atom stereocenters. The normalized spacial score (nSPS) is 18.9. The molecule has 0 spiro atoms. The number of anilines is 2. The average molecular weight is 571 g/mol. The molecule has 0 bridgehead atoms. The number of aliphatic imine (C=N–C) groups is 1. The molecular formula is C23H32ClIN6O. The number of ether oxygens (including phenoxy) is 1. The Bertz CT molecular complexity index is 892. The zero-order chi connectivity index (χ0) is 21.5. The van der Waals surface area contributed by atoms with E-state index in [1.54, 1.807) is 0 Å². The van der Waals surface area contributed by atoms with Crippen molar-refractivity contribution in [3.63, 3.8) is 0 Å². The summed E-state index contributed by atoms with van der Waals surface area (Å²) in [6.07, 6.45) is 2.91. The van der Waals surface area contributed by atoms with Crippen LogP contribution in [0.3, 0.4) is 0 Å². The summed E-state index contributed by atoms with van der Waals surface area (Å²) >= 11 is 6.17. The summed E-state index contributed by atoms with van der Waals surface area (Å²) in [5.41, 5.74) is 2.30. The van der Waals surface area contributed by atoms with Crippen molar-refractivity contribution in [1.29, 1.82) is 0 Å². The van der Waals surface area contributed by atoms with E-state index in [0.717, 1.165) is 74.7 Å². The van der Waals surface area contributed by atoms with Gasteiger partial charge in [0.05, 0.1) is 19.8 Å². The van der Waals surface area contributed by atoms with Gasteiger partial charge in [0.15, 0.2) is 5.96 Å². The van der Waals surface area contributed by atoms with E-state index in [4.69, 9.17) is 21.3 Å². The number of nitrogens with zero attached hydrogens (tertiary/aromatic N) is 4. The standard InChI is InChI=1S/C23H31ClN6O.HI/c1-2-25-23(28-20-8-10-30(17-20)21-7-3-6-19(24)15-21)27-16-18-5-4-9-26-22(18)29-11-13-31-14-12-29;/h3-7,9,15,20H,2,8,10-14,16-17H2,1H3,(H2,25,27,28);1H. The summed E-state index contributed by atoms with van der Waals surface area (Å²) in [4.78, 5) is 14.1. The van der Waals surface area contributed by atoms with Gasteiger partial charge in [0, 0.05) is 61.2 Å². The molecule has 0 amide bonds. The maximum atomic E-state index is 6.17. The Morgan fingerprint density at radius 3 is 2.81 bits per heavy atom. The fourth-order valence-electron chi connectivity index (χ4n) is 4.08. The number of guanidine groups is 1. The van der Waals surface area contributed by atoms with Crippen molar-refractivity contribution in [2.24, 2.45) is 4.99 Å². The van der Waals surface area contributed by atoms with Crippen molar-refractivity contribution in [2.45, 2.75) is 25.9 Å². The Labute approximate surface area is 212 Å². The van der Waals surface area contributed by atoms with Gasteiger partial charge in [-0.3, -0.25) is 0 Å². The lowest BCUT2D eigenvalue weighted by Gasteiger charge is -2.29. The van der Waals surface area contributed by atoms with E-state index < -0.39 is 0 Å². The number of pyridine rings is 1. The minimum absolute atomic E-state index is 0. The lowest BCUT2D eigenvalue weighted by Crippen LogP contribution is -2.44. The number of rotatable bonds is 6. The lowest BCUT2D eigenvalue weighted by molar-refractivity contribution is 0.122. The summed E-state index contributed by atoms with van der Waals surface area (Å²) in [5.74, 6) is 1.86.